The van der Waals surface area contributed by atoms with Gasteiger partial charge in [-0.05, 0) is 18.1 Å². The van der Waals surface area contributed by atoms with E-state index in [2.05, 4.69) is 5.32 Å². The average molecular weight is 438 g/mol. The summed E-state index contributed by atoms with van der Waals surface area (Å²) in [6.07, 6.45) is 0.800. The van der Waals surface area contributed by atoms with Crippen LogP contribution in [0.15, 0.2) is 69.4 Å². The van der Waals surface area contributed by atoms with E-state index in [0.717, 1.165) is 33.9 Å². The molecule has 2 aromatic carbocycles. The molecular weight excluding hydrogens is 414 g/mol. The van der Waals surface area contributed by atoms with Crippen molar-refractivity contribution in [3.63, 3.8) is 0 Å². The number of nitrogens with zero attached hydrogens (tertiary/aromatic N) is 2. The molecule has 1 aromatic heterocycles. The van der Waals surface area contributed by atoms with E-state index in [9.17, 15) is 9.59 Å². The van der Waals surface area contributed by atoms with Crippen LogP contribution >= 0.6 is 23.5 Å². The highest BCUT2D eigenvalue weighted by Crippen LogP contribution is 2.29. The number of fused-ring (bicyclic) bond motifs is 1. The van der Waals surface area contributed by atoms with Gasteiger partial charge in [-0.15, -0.1) is 11.8 Å². The van der Waals surface area contributed by atoms with Gasteiger partial charge in [0.05, 0.1) is 22.9 Å². The number of hydrogen-bond acceptors (Lipinski definition) is 5. The van der Waals surface area contributed by atoms with Crippen LogP contribution in [0.1, 0.15) is 22.4 Å². The fourth-order valence-corrected chi connectivity index (χ4v) is 5.11. The van der Waals surface area contributed by atoms with Gasteiger partial charge in [-0.1, -0.05) is 71.9 Å². The maximum Gasteiger partial charge on any atom is 0.268 e. The third-order valence-electron chi connectivity index (χ3n) is 4.87. The van der Waals surface area contributed by atoms with Crippen LogP contribution < -0.4 is 10.9 Å². The minimum Gasteiger partial charge on any atom is -0.351 e. The highest BCUT2D eigenvalue weighted by molar-refractivity contribution is 8.00. The summed E-state index contributed by atoms with van der Waals surface area (Å²) >= 11 is 2.90. The van der Waals surface area contributed by atoms with Gasteiger partial charge in [-0.25, -0.2) is 4.98 Å². The first kappa shape index (κ1) is 20.8. The van der Waals surface area contributed by atoms with E-state index in [0.29, 0.717) is 18.2 Å². The molecule has 30 heavy (non-hydrogen) atoms. The molecule has 0 aliphatic carbocycles. The van der Waals surface area contributed by atoms with E-state index in [1.54, 1.807) is 16.3 Å². The van der Waals surface area contributed by atoms with Gasteiger partial charge in [0.25, 0.3) is 5.56 Å². The molecule has 4 rings (SSSR count). The number of rotatable bonds is 7. The lowest BCUT2D eigenvalue weighted by Gasteiger charge is -2.14. The Morgan fingerprint density at radius 3 is 2.67 bits per heavy atom. The zero-order valence-electron chi connectivity index (χ0n) is 16.8. The van der Waals surface area contributed by atoms with Crippen LogP contribution in [0.5, 0.6) is 0 Å². The molecule has 0 saturated heterocycles. The lowest BCUT2D eigenvalue weighted by Crippen LogP contribution is -2.28. The maximum atomic E-state index is 13.1. The van der Waals surface area contributed by atoms with E-state index in [1.165, 1.54) is 17.3 Å². The zero-order chi connectivity index (χ0) is 20.9. The van der Waals surface area contributed by atoms with E-state index < -0.39 is 0 Å². The van der Waals surface area contributed by atoms with Crippen LogP contribution in [-0.4, -0.2) is 27.0 Å². The van der Waals surface area contributed by atoms with Gasteiger partial charge in [0.2, 0.25) is 5.91 Å². The van der Waals surface area contributed by atoms with Crippen molar-refractivity contribution in [3.8, 4) is 0 Å². The van der Waals surface area contributed by atoms with Crippen molar-refractivity contribution in [2.75, 3.05) is 11.5 Å². The first-order valence-corrected chi connectivity index (χ1v) is 11.8. The topological polar surface area (TPSA) is 64.0 Å². The van der Waals surface area contributed by atoms with Crippen LogP contribution in [-0.2, 0) is 24.3 Å². The summed E-state index contributed by atoms with van der Waals surface area (Å²) in [6, 6.07) is 18.0. The molecule has 7 heteroatoms. The van der Waals surface area contributed by atoms with Gasteiger partial charge in [-0.2, -0.15) is 0 Å². The first-order valence-electron chi connectivity index (χ1n) is 9.85. The number of hydrogen-bond donors (Lipinski definition) is 1. The zero-order valence-corrected chi connectivity index (χ0v) is 18.4. The smallest absolute Gasteiger partial charge is 0.268 e. The molecule has 0 atom stereocenters. The van der Waals surface area contributed by atoms with Gasteiger partial charge in [0.15, 0.2) is 5.16 Å². The Balaban J connectivity index is 1.47. The van der Waals surface area contributed by atoms with Gasteiger partial charge in [-0.3, -0.25) is 14.2 Å². The SMILES string of the molecule is Cc1ccc(CNC(=O)CSc2nc3c(c(=O)n2Cc2ccccc2)SCC3)cc1. The molecule has 0 saturated carbocycles. The van der Waals surface area contributed by atoms with Crippen molar-refractivity contribution in [1.29, 1.82) is 0 Å². The molecule has 1 N–H and O–H groups in total. The predicted octanol–water partition coefficient (Wildman–Crippen LogP) is 3.66. The molecule has 2 heterocycles. The summed E-state index contributed by atoms with van der Waals surface area (Å²) in [5, 5.41) is 3.55. The van der Waals surface area contributed by atoms with Crippen molar-refractivity contribution in [2.45, 2.75) is 36.5 Å². The van der Waals surface area contributed by atoms with E-state index in [1.807, 2.05) is 61.5 Å². The maximum absolute atomic E-state index is 13.1. The minimum atomic E-state index is -0.0732. The number of aromatic nitrogens is 2. The summed E-state index contributed by atoms with van der Waals surface area (Å²) in [5.41, 5.74) is 4.14. The van der Waals surface area contributed by atoms with Crippen molar-refractivity contribution in [2.24, 2.45) is 0 Å². The number of carbonyl (C=O) groups excluding carboxylic acids is 1. The molecule has 0 radical (unpaired) electrons. The Morgan fingerprint density at radius 2 is 1.90 bits per heavy atom. The predicted molar refractivity (Wildman–Crippen MR) is 122 cm³/mol. The van der Waals surface area contributed by atoms with Gasteiger partial charge < -0.3 is 5.32 Å². The molecule has 0 fully saturated rings. The summed E-state index contributed by atoms with van der Waals surface area (Å²) in [6.45, 7) is 2.98. The monoisotopic (exact) mass is 437 g/mol. The number of benzene rings is 2. The Labute approximate surface area is 184 Å². The number of aryl methyl sites for hydroxylation is 2. The molecule has 1 aliphatic rings. The van der Waals surface area contributed by atoms with Crippen LogP contribution in [0, 0.1) is 6.92 Å². The summed E-state index contributed by atoms with van der Waals surface area (Å²) in [4.78, 5) is 30.9. The quantitative estimate of drug-likeness (QED) is 0.451. The number of nitrogens with one attached hydrogen (secondary N) is 1. The van der Waals surface area contributed by atoms with Gasteiger partial charge in [0, 0.05) is 18.7 Å². The van der Waals surface area contributed by atoms with Crippen molar-refractivity contribution >= 4 is 29.4 Å². The van der Waals surface area contributed by atoms with Crippen LogP contribution in [0.2, 0.25) is 0 Å². The Hall–Kier alpha value is -2.51. The Morgan fingerprint density at radius 1 is 1.13 bits per heavy atom. The second-order valence-electron chi connectivity index (χ2n) is 7.20. The highest BCUT2D eigenvalue weighted by atomic mass is 32.2. The van der Waals surface area contributed by atoms with Crippen molar-refractivity contribution < 1.29 is 4.79 Å². The summed E-state index contributed by atoms with van der Waals surface area (Å²) < 4.78 is 1.70. The second-order valence-corrected chi connectivity index (χ2v) is 9.24. The average Bonchev–Trinajstić information content (AvgIpc) is 3.24. The molecule has 3 aromatic rings. The molecule has 0 unspecified atom stereocenters. The Kier molecular flexibility index (Phi) is 6.59. The van der Waals surface area contributed by atoms with Crippen molar-refractivity contribution in [3.05, 3.63) is 87.3 Å². The highest BCUT2D eigenvalue weighted by Gasteiger charge is 2.22. The summed E-state index contributed by atoms with van der Waals surface area (Å²) in [5.74, 6) is 1.03. The third kappa shape index (κ3) is 4.96. The fraction of sp³-hybridized carbons (Fsp3) is 0.261. The summed E-state index contributed by atoms with van der Waals surface area (Å²) in [7, 11) is 0. The van der Waals surface area contributed by atoms with E-state index in [-0.39, 0.29) is 17.2 Å². The lowest BCUT2D eigenvalue weighted by atomic mass is 10.1. The van der Waals surface area contributed by atoms with E-state index >= 15 is 0 Å². The molecule has 154 valence electrons. The van der Waals surface area contributed by atoms with Crippen LogP contribution in [0.3, 0.4) is 0 Å². The number of thioether (sulfide) groups is 2. The molecule has 0 spiro atoms. The molecule has 5 nitrogen and oxygen atoms in total. The molecule has 1 amide bonds. The normalized spacial score (nSPS) is 12.6. The van der Waals surface area contributed by atoms with Crippen LogP contribution in [0.4, 0.5) is 0 Å². The van der Waals surface area contributed by atoms with Crippen LogP contribution in [0.25, 0.3) is 0 Å². The third-order valence-corrected chi connectivity index (χ3v) is 6.96. The largest absolute Gasteiger partial charge is 0.351 e. The first-order chi connectivity index (χ1) is 14.6. The standard InChI is InChI=1S/C23H23N3O2S2/c1-16-7-9-17(10-8-16)13-24-20(27)15-30-23-25-19-11-12-29-21(19)22(28)26(23)14-18-5-3-2-4-6-18/h2-10H,11-15H2,1H3,(H,24,27). The van der Waals surface area contributed by atoms with Crippen molar-refractivity contribution in [1.82, 2.24) is 14.9 Å². The Bertz CT molecular complexity index is 1100. The minimum absolute atomic E-state index is 0.00563. The fourth-order valence-electron chi connectivity index (χ4n) is 3.23. The number of amides is 1. The van der Waals surface area contributed by atoms with Gasteiger partial charge in [0.1, 0.15) is 0 Å². The molecule has 0 bridgehead atoms. The molecular formula is C23H23N3O2S2. The number of carbonyl (C=O) groups is 1. The van der Waals surface area contributed by atoms with E-state index in [4.69, 9.17) is 4.98 Å². The lowest BCUT2D eigenvalue weighted by molar-refractivity contribution is -0.118. The molecule has 1 aliphatic heterocycles. The van der Waals surface area contributed by atoms with Gasteiger partial charge >= 0.3 is 0 Å². The second kappa shape index (κ2) is 9.53.